The van der Waals surface area contributed by atoms with Crippen LogP contribution in [0.5, 0.6) is 0 Å². The third-order valence-electron chi connectivity index (χ3n) is 4.53. The highest BCUT2D eigenvalue weighted by Gasteiger charge is 2.21. The van der Waals surface area contributed by atoms with Gasteiger partial charge >= 0.3 is 5.97 Å². The molecule has 0 radical (unpaired) electrons. The molecule has 0 saturated heterocycles. The van der Waals surface area contributed by atoms with E-state index in [1.807, 2.05) is 0 Å². The van der Waals surface area contributed by atoms with Crippen molar-refractivity contribution in [2.75, 3.05) is 0 Å². The van der Waals surface area contributed by atoms with E-state index in [0.29, 0.717) is 13.0 Å². The number of carbonyl (C=O) groups is 1. The Labute approximate surface area is 134 Å². The molecule has 1 aliphatic carbocycles. The zero-order valence-electron chi connectivity index (χ0n) is 14.3. The quantitative estimate of drug-likeness (QED) is 0.839. The van der Waals surface area contributed by atoms with Crippen molar-refractivity contribution >= 4 is 5.97 Å². The second-order valence-electron chi connectivity index (χ2n) is 7.78. The smallest absolute Gasteiger partial charge is 0.320 e. The highest BCUT2D eigenvalue weighted by atomic mass is 16.4. The summed E-state index contributed by atoms with van der Waals surface area (Å²) in [5.74, 6) is -0.748. The molecule has 2 N–H and O–H groups in total. The lowest BCUT2D eigenvalue weighted by molar-refractivity contribution is -0.139. The molecule has 1 aliphatic rings. The maximum absolute atomic E-state index is 11.4. The number of aliphatic carboxylic acids is 1. The Morgan fingerprint density at radius 1 is 1.32 bits per heavy atom. The Kier molecular flexibility index (Phi) is 5.28. The maximum atomic E-state index is 11.4. The van der Waals surface area contributed by atoms with Crippen molar-refractivity contribution in [1.29, 1.82) is 0 Å². The van der Waals surface area contributed by atoms with E-state index < -0.39 is 12.0 Å². The molecular weight excluding hydrogens is 274 g/mol. The minimum Gasteiger partial charge on any atom is -0.480 e. The van der Waals surface area contributed by atoms with Crippen molar-refractivity contribution in [3.8, 4) is 0 Å². The van der Waals surface area contributed by atoms with Crippen LogP contribution >= 0.6 is 0 Å². The number of fused-ring (bicyclic) bond motifs is 1. The van der Waals surface area contributed by atoms with Gasteiger partial charge in [0.1, 0.15) is 6.04 Å². The fourth-order valence-electron chi connectivity index (χ4n) is 3.24. The van der Waals surface area contributed by atoms with E-state index in [1.165, 1.54) is 35.1 Å². The zero-order chi connectivity index (χ0) is 16.3. The fourth-order valence-corrected chi connectivity index (χ4v) is 3.24. The SMILES string of the molecule is Cc1cc(CN[C@@H](CCC(C)(C)C)C(=O)O)cc2c1CCC2. The molecule has 1 atom stereocenters. The molecule has 0 amide bonds. The molecule has 2 rings (SSSR count). The van der Waals surface area contributed by atoms with Crippen LogP contribution in [0.25, 0.3) is 0 Å². The van der Waals surface area contributed by atoms with Gasteiger partial charge in [0, 0.05) is 6.54 Å². The van der Waals surface area contributed by atoms with Crippen molar-refractivity contribution in [3.05, 3.63) is 34.4 Å². The van der Waals surface area contributed by atoms with Crippen LogP contribution in [-0.4, -0.2) is 17.1 Å². The first-order valence-corrected chi connectivity index (χ1v) is 8.34. The normalized spacial score (nSPS) is 15.6. The van der Waals surface area contributed by atoms with Crippen LogP contribution in [0, 0.1) is 12.3 Å². The largest absolute Gasteiger partial charge is 0.480 e. The molecular formula is C19H29NO2. The second-order valence-corrected chi connectivity index (χ2v) is 7.78. The number of aryl methyl sites for hydroxylation is 2. The summed E-state index contributed by atoms with van der Waals surface area (Å²) in [5, 5.41) is 12.6. The summed E-state index contributed by atoms with van der Waals surface area (Å²) < 4.78 is 0. The van der Waals surface area contributed by atoms with Gasteiger partial charge in [-0.3, -0.25) is 4.79 Å². The van der Waals surface area contributed by atoms with Gasteiger partial charge in [0.05, 0.1) is 0 Å². The van der Waals surface area contributed by atoms with Crippen LogP contribution in [0.1, 0.15) is 62.3 Å². The van der Waals surface area contributed by atoms with Crippen LogP contribution in [0.15, 0.2) is 12.1 Å². The monoisotopic (exact) mass is 303 g/mol. The number of carboxylic acids is 1. The number of carboxylic acid groups (broad SMARTS) is 1. The van der Waals surface area contributed by atoms with E-state index in [1.54, 1.807) is 0 Å². The van der Waals surface area contributed by atoms with E-state index in [-0.39, 0.29) is 5.41 Å². The van der Waals surface area contributed by atoms with Crippen LogP contribution in [0.3, 0.4) is 0 Å². The summed E-state index contributed by atoms with van der Waals surface area (Å²) in [6, 6.07) is 4.00. The third-order valence-corrected chi connectivity index (χ3v) is 4.53. The first kappa shape index (κ1) is 17.0. The number of nitrogens with one attached hydrogen (secondary N) is 1. The van der Waals surface area contributed by atoms with E-state index in [9.17, 15) is 9.90 Å². The average molecular weight is 303 g/mol. The van der Waals surface area contributed by atoms with Gasteiger partial charge in [-0.25, -0.2) is 0 Å². The molecule has 0 heterocycles. The van der Waals surface area contributed by atoms with Gasteiger partial charge < -0.3 is 10.4 Å². The third kappa shape index (κ3) is 4.57. The van der Waals surface area contributed by atoms with Crippen molar-refractivity contribution in [2.45, 2.75) is 72.4 Å². The van der Waals surface area contributed by atoms with Crippen molar-refractivity contribution in [1.82, 2.24) is 5.32 Å². The molecule has 0 bridgehead atoms. The molecule has 3 heteroatoms. The first-order chi connectivity index (χ1) is 10.3. The first-order valence-electron chi connectivity index (χ1n) is 8.34. The molecule has 22 heavy (non-hydrogen) atoms. The number of hydrogen-bond donors (Lipinski definition) is 2. The standard InChI is InChI=1S/C19H29NO2/c1-13-10-14(11-15-6-5-7-16(13)15)12-20-17(18(21)22)8-9-19(2,3)4/h10-11,17,20H,5-9,12H2,1-4H3,(H,21,22)/t17-/m0/s1. The van der Waals surface area contributed by atoms with Gasteiger partial charge in [0.25, 0.3) is 0 Å². The predicted octanol–water partition coefficient (Wildman–Crippen LogP) is 3.85. The van der Waals surface area contributed by atoms with Gasteiger partial charge in [-0.2, -0.15) is 0 Å². The predicted molar refractivity (Wildman–Crippen MR) is 90.2 cm³/mol. The Balaban J connectivity index is 1.98. The van der Waals surface area contributed by atoms with E-state index >= 15 is 0 Å². The molecule has 0 unspecified atom stereocenters. The number of benzene rings is 1. The van der Waals surface area contributed by atoms with Gasteiger partial charge in [0.2, 0.25) is 0 Å². The van der Waals surface area contributed by atoms with E-state index in [0.717, 1.165) is 12.8 Å². The average Bonchev–Trinajstić information content (AvgIpc) is 2.85. The lowest BCUT2D eigenvalue weighted by atomic mass is 9.88. The molecule has 122 valence electrons. The zero-order valence-corrected chi connectivity index (χ0v) is 14.3. The lowest BCUT2D eigenvalue weighted by Gasteiger charge is -2.22. The fraction of sp³-hybridized carbons (Fsp3) is 0.632. The molecule has 1 aromatic carbocycles. The summed E-state index contributed by atoms with van der Waals surface area (Å²) in [5.41, 5.74) is 5.69. The van der Waals surface area contributed by atoms with Crippen LogP contribution < -0.4 is 5.32 Å². The topological polar surface area (TPSA) is 49.3 Å². The summed E-state index contributed by atoms with van der Waals surface area (Å²) in [4.78, 5) is 11.4. The van der Waals surface area contributed by atoms with Gasteiger partial charge in [-0.05, 0) is 66.7 Å². The highest BCUT2D eigenvalue weighted by molar-refractivity contribution is 5.73. The summed E-state index contributed by atoms with van der Waals surface area (Å²) >= 11 is 0. The van der Waals surface area contributed by atoms with Crippen molar-refractivity contribution < 1.29 is 9.90 Å². The maximum Gasteiger partial charge on any atom is 0.320 e. The van der Waals surface area contributed by atoms with Crippen molar-refractivity contribution in [2.24, 2.45) is 5.41 Å². The molecule has 0 aromatic heterocycles. The molecule has 3 nitrogen and oxygen atoms in total. The minimum atomic E-state index is -0.748. The number of hydrogen-bond acceptors (Lipinski definition) is 2. The van der Waals surface area contributed by atoms with Crippen LogP contribution in [-0.2, 0) is 24.2 Å². The second kappa shape index (κ2) is 6.82. The highest BCUT2D eigenvalue weighted by Crippen LogP contribution is 2.27. The molecule has 0 aliphatic heterocycles. The Bertz CT molecular complexity index is 543. The van der Waals surface area contributed by atoms with Gasteiger partial charge in [-0.15, -0.1) is 0 Å². The van der Waals surface area contributed by atoms with Gasteiger partial charge in [0.15, 0.2) is 0 Å². The summed E-state index contributed by atoms with van der Waals surface area (Å²) in [6.07, 6.45) is 5.17. The summed E-state index contributed by atoms with van der Waals surface area (Å²) in [6.45, 7) is 9.25. The Morgan fingerprint density at radius 2 is 2.05 bits per heavy atom. The van der Waals surface area contributed by atoms with E-state index in [2.05, 4.69) is 45.1 Å². The molecule has 0 spiro atoms. The van der Waals surface area contributed by atoms with Crippen molar-refractivity contribution in [3.63, 3.8) is 0 Å². The Hall–Kier alpha value is -1.35. The van der Waals surface area contributed by atoms with Crippen LogP contribution in [0.4, 0.5) is 0 Å². The Morgan fingerprint density at radius 3 is 2.68 bits per heavy atom. The number of rotatable bonds is 6. The lowest BCUT2D eigenvalue weighted by Crippen LogP contribution is -2.37. The van der Waals surface area contributed by atoms with E-state index in [4.69, 9.17) is 0 Å². The molecule has 0 fully saturated rings. The molecule has 0 saturated carbocycles. The minimum absolute atomic E-state index is 0.166. The van der Waals surface area contributed by atoms with Gasteiger partial charge in [-0.1, -0.05) is 32.9 Å². The molecule has 1 aromatic rings. The summed E-state index contributed by atoms with van der Waals surface area (Å²) in [7, 11) is 0. The van der Waals surface area contributed by atoms with Crippen LogP contribution in [0.2, 0.25) is 0 Å².